The lowest BCUT2D eigenvalue weighted by molar-refractivity contribution is -0.147. The summed E-state index contributed by atoms with van der Waals surface area (Å²) in [6, 6.07) is 11.7. The highest BCUT2D eigenvalue weighted by molar-refractivity contribution is 7.90. The largest absolute Gasteiger partial charge is 0.456 e. The van der Waals surface area contributed by atoms with E-state index < -0.39 is 34.1 Å². The van der Waals surface area contributed by atoms with E-state index in [2.05, 4.69) is 5.32 Å². The number of sulfone groups is 1. The summed E-state index contributed by atoms with van der Waals surface area (Å²) in [6.07, 6.45) is 1.22. The van der Waals surface area contributed by atoms with Crippen molar-refractivity contribution in [1.29, 1.82) is 0 Å². The summed E-state index contributed by atoms with van der Waals surface area (Å²) in [7, 11) is -3.31. The molecule has 0 aliphatic rings. The van der Waals surface area contributed by atoms with Gasteiger partial charge in [-0.3, -0.25) is 9.59 Å². The second-order valence-corrected chi connectivity index (χ2v) is 7.61. The first-order valence-electron chi connectivity index (χ1n) is 7.75. The fraction of sp³-hybridized carbons (Fsp3) is 0.222. The molecule has 1 amide bonds. The van der Waals surface area contributed by atoms with Crippen molar-refractivity contribution >= 4 is 27.4 Å². The summed E-state index contributed by atoms with van der Waals surface area (Å²) in [5.41, 5.74) is 0.782. The second kappa shape index (κ2) is 8.57. The zero-order valence-electron chi connectivity index (χ0n) is 14.1. The lowest BCUT2D eigenvalue weighted by Gasteiger charge is -2.07. The third-order valence-electron chi connectivity index (χ3n) is 3.49. The number of rotatable bonds is 7. The number of hydrogen-bond donors (Lipinski definition) is 1. The standard InChI is InChI=1S/C18H18FNO5S/c1-26(23,24)15-9-7-14(8-10-15)20-17(21)12-25-18(22)11-6-13-4-2-3-5-16(13)19/h2-5,7-10H,6,11-12H2,1H3,(H,20,21). The van der Waals surface area contributed by atoms with Gasteiger partial charge in [0.2, 0.25) is 0 Å². The highest BCUT2D eigenvalue weighted by Crippen LogP contribution is 2.14. The van der Waals surface area contributed by atoms with Crippen molar-refractivity contribution in [3.63, 3.8) is 0 Å². The number of halogens is 1. The predicted molar refractivity (Wildman–Crippen MR) is 93.9 cm³/mol. The molecule has 0 unspecified atom stereocenters. The van der Waals surface area contributed by atoms with Crippen LogP contribution in [0.4, 0.5) is 10.1 Å². The van der Waals surface area contributed by atoms with E-state index in [1.165, 1.54) is 30.3 Å². The highest BCUT2D eigenvalue weighted by Gasteiger charge is 2.11. The first kappa shape index (κ1) is 19.6. The Kier molecular flexibility index (Phi) is 6.46. The van der Waals surface area contributed by atoms with Crippen LogP contribution in [0.5, 0.6) is 0 Å². The van der Waals surface area contributed by atoms with Crippen molar-refractivity contribution in [3.05, 3.63) is 59.9 Å². The molecule has 1 N–H and O–H groups in total. The molecule has 0 aromatic heterocycles. The number of ether oxygens (including phenoxy) is 1. The highest BCUT2D eigenvalue weighted by atomic mass is 32.2. The Morgan fingerprint density at radius 3 is 2.35 bits per heavy atom. The molecule has 0 aliphatic heterocycles. The minimum atomic E-state index is -3.31. The Balaban J connectivity index is 1.77. The molecule has 0 fully saturated rings. The van der Waals surface area contributed by atoms with Gasteiger partial charge in [0.05, 0.1) is 4.90 Å². The molecular weight excluding hydrogens is 361 g/mol. The van der Waals surface area contributed by atoms with E-state index in [9.17, 15) is 22.4 Å². The molecule has 26 heavy (non-hydrogen) atoms. The number of carbonyl (C=O) groups excluding carboxylic acids is 2. The molecule has 0 bridgehead atoms. The molecule has 6 nitrogen and oxygen atoms in total. The molecule has 0 saturated carbocycles. The molecule has 2 aromatic rings. The molecule has 2 rings (SSSR count). The zero-order valence-corrected chi connectivity index (χ0v) is 14.9. The number of benzene rings is 2. The molecule has 0 radical (unpaired) electrons. The van der Waals surface area contributed by atoms with Crippen LogP contribution in [0.3, 0.4) is 0 Å². The van der Waals surface area contributed by atoms with Crippen LogP contribution in [0.2, 0.25) is 0 Å². The van der Waals surface area contributed by atoms with Crippen molar-refractivity contribution < 1.29 is 27.1 Å². The maximum Gasteiger partial charge on any atom is 0.306 e. The van der Waals surface area contributed by atoms with Crippen molar-refractivity contribution in [2.75, 3.05) is 18.2 Å². The van der Waals surface area contributed by atoms with Crippen LogP contribution in [0.15, 0.2) is 53.4 Å². The fourth-order valence-corrected chi connectivity index (χ4v) is 2.77. The number of hydrogen-bond acceptors (Lipinski definition) is 5. The lowest BCUT2D eigenvalue weighted by Crippen LogP contribution is -2.21. The summed E-state index contributed by atoms with van der Waals surface area (Å²) < 4.78 is 41.0. The normalized spacial score (nSPS) is 11.0. The van der Waals surface area contributed by atoms with E-state index in [4.69, 9.17) is 4.74 Å². The van der Waals surface area contributed by atoms with Crippen LogP contribution >= 0.6 is 0 Å². The quantitative estimate of drug-likeness (QED) is 0.746. The molecule has 0 saturated heterocycles. The smallest absolute Gasteiger partial charge is 0.306 e. The fourth-order valence-electron chi connectivity index (χ4n) is 2.14. The summed E-state index contributed by atoms with van der Waals surface area (Å²) in [4.78, 5) is 23.5. The van der Waals surface area contributed by atoms with Gasteiger partial charge in [0.15, 0.2) is 16.4 Å². The number of amides is 1. The molecule has 2 aromatic carbocycles. The maximum absolute atomic E-state index is 13.4. The molecule has 0 atom stereocenters. The number of nitrogens with one attached hydrogen (secondary N) is 1. The van der Waals surface area contributed by atoms with E-state index in [0.717, 1.165) is 6.26 Å². The average molecular weight is 379 g/mol. The van der Waals surface area contributed by atoms with Gasteiger partial charge in [0.25, 0.3) is 5.91 Å². The topological polar surface area (TPSA) is 89.5 Å². The third kappa shape index (κ3) is 5.96. The molecule has 0 aliphatic carbocycles. The van der Waals surface area contributed by atoms with E-state index in [1.54, 1.807) is 18.2 Å². The van der Waals surface area contributed by atoms with Gasteiger partial charge < -0.3 is 10.1 Å². The Morgan fingerprint density at radius 1 is 1.08 bits per heavy atom. The first-order chi connectivity index (χ1) is 12.3. The van der Waals surface area contributed by atoms with Crippen LogP contribution in [0.25, 0.3) is 0 Å². The van der Waals surface area contributed by atoms with Crippen LogP contribution in [-0.2, 0) is 30.6 Å². The van der Waals surface area contributed by atoms with Gasteiger partial charge in [-0.05, 0) is 42.3 Å². The van der Waals surface area contributed by atoms with E-state index in [1.807, 2.05) is 0 Å². The maximum atomic E-state index is 13.4. The predicted octanol–water partition coefficient (Wildman–Crippen LogP) is 2.34. The molecule has 0 heterocycles. The van der Waals surface area contributed by atoms with Gasteiger partial charge in [-0.25, -0.2) is 12.8 Å². The SMILES string of the molecule is CS(=O)(=O)c1ccc(NC(=O)COC(=O)CCc2ccccc2F)cc1. The number of aryl methyl sites for hydroxylation is 1. The van der Waals surface area contributed by atoms with E-state index >= 15 is 0 Å². The Morgan fingerprint density at radius 2 is 1.73 bits per heavy atom. The van der Waals surface area contributed by atoms with Gasteiger partial charge >= 0.3 is 5.97 Å². The first-order valence-corrected chi connectivity index (χ1v) is 9.64. The molecule has 0 spiro atoms. The van der Waals surface area contributed by atoms with Crippen LogP contribution < -0.4 is 5.32 Å². The Hall–Kier alpha value is -2.74. The monoisotopic (exact) mass is 379 g/mol. The Labute approximate surface area is 150 Å². The third-order valence-corrected chi connectivity index (χ3v) is 4.62. The number of esters is 1. The van der Waals surface area contributed by atoms with E-state index in [-0.39, 0.29) is 17.7 Å². The van der Waals surface area contributed by atoms with Gasteiger partial charge in [-0.15, -0.1) is 0 Å². The number of anilines is 1. The van der Waals surface area contributed by atoms with E-state index in [0.29, 0.717) is 11.3 Å². The van der Waals surface area contributed by atoms with Crippen molar-refractivity contribution in [2.24, 2.45) is 0 Å². The molecule has 138 valence electrons. The average Bonchev–Trinajstić information content (AvgIpc) is 2.59. The van der Waals surface area contributed by atoms with Crippen molar-refractivity contribution in [3.8, 4) is 0 Å². The second-order valence-electron chi connectivity index (χ2n) is 5.60. The zero-order chi connectivity index (χ0) is 19.2. The summed E-state index contributed by atoms with van der Waals surface area (Å²) in [5.74, 6) is -1.57. The van der Waals surface area contributed by atoms with Gasteiger partial charge in [0, 0.05) is 18.4 Å². The van der Waals surface area contributed by atoms with Gasteiger partial charge in [-0.2, -0.15) is 0 Å². The summed E-state index contributed by atoms with van der Waals surface area (Å²) in [5, 5.41) is 2.49. The van der Waals surface area contributed by atoms with Crippen LogP contribution in [-0.4, -0.2) is 33.2 Å². The molecular formula is C18H18FNO5S. The minimum Gasteiger partial charge on any atom is -0.456 e. The lowest BCUT2D eigenvalue weighted by atomic mass is 10.1. The van der Waals surface area contributed by atoms with Gasteiger partial charge in [-0.1, -0.05) is 18.2 Å². The molecule has 8 heteroatoms. The summed E-state index contributed by atoms with van der Waals surface area (Å²) >= 11 is 0. The number of carbonyl (C=O) groups is 2. The van der Waals surface area contributed by atoms with Crippen molar-refractivity contribution in [2.45, 2.75) is 17.7 Å². The van der Waals surface area contributed by atoms with Gasteiger partial charge in [0.1, 0.15) is 5.82 Å². The Bertz CT molecular complexity index is 894. The van der Waals surface area contributed by atoms with Crippen molar-refractivity contribution in [1.82, 2.24) is 0 Å². The minimum absolute atomic E-state index is 0.0444. The van der Waals surface area contributed by atoms with Crippen LogP contribution in [0, 0.1) is 5.82 Å². The summed E-state index contributed by atoms with van der Waals surface area (Å²) in [6.45, 7) is -0.482. The van der Waals surface area contributed by atoms with Crippen LogP contribution in [0.1, 0.15) is 12.0 Å².